The topological polar surface area (TPSA) is 76.3 Å². The molecule has 1 saturated heterocycles. The van der Waals surface area contributed by atoms with Gasteiger partial charge in [0.1, 0.15) is 11.4 Å². The summed E-state index contributed by atoms with van der Waals surface area (Å²) in [7, 11) is 0. The number of rotatable bonds is 3. The zero-order chi connectivity index (χ0) is 24.4. The summed E-state index contributed by atoms with van der Waals surface area (Å²) in [4.78, 5) is 26.4. The van der Waals surface area contributed by atoms with E-state index in [2.05, 4.69) is 21.3 Å². The second kappa shape index (κ2) is 8.85. The van der Waals surface area contributed by atoms with Gasteiger partial charge in [0.25, 0.3) is 11.8 Å². The molecule has 7 rings (SSSR count). The average Bonchev–Trinajstić information content (AvgIpc) is 3.66. The molecule has 1 atom stereocenters. The van der Waals surface area contributed by atoms with Crippen molar-refractivity contribution < 1.29 is 18.4 Å². The number of piperidine rings is 1. The first-order valence-corrected chi connectivity index (χ1v) is 12.6. The van der Waals surface area contributed by atoms with Crippen molar-refractivity contribution >= 4 is 57.2 Å². The summed E-state index contributed by atoms with van der Waals surface area (Å²) in [5.41, 5.74) is 2.38. The number of aromatic nitrogens is 1. The summed E-state index contributed by atoms with van der Waals surface area (Å²) in [6.45, 7) is 1.92. The molecule has 0 radical (unpaired) electrons. The van der Waals surface area contributed by atoms with Crippen LogP contribution in [0, 0.1) is 11.2 Å². The molecule has 2 aromatic carbocycles. The third-order valence-corrected chi connectivity index (χ3v) is 8.48. The molecule has 6 nitrogen and oxygen atoms in total. The van der Waals surface area contributed by atoms with Crippen molar-refractivity contribution in [3.8, 4) is 0 Å². The molecule has 1 aliphatic carbocycles. The van der Waals surface area contributed by atoms with Crippen LogP contribution in [0.25, 0.3) is 33.0 Å². The summed E-state index contributed by atoms with van der Waals surface area (Å²) in [5, 5.41) is 7.58. The van der Waals surface area contributed by atoms with Crippen molar-refractivity contribution in [1.29, 1.82) is 0 Å². The normalized spacial score (nSPS) is 21.3. The van der Waals surface area contributed by atoms with Gasteiger partial charge in [-0.25, -0.2) is 4.39 Å². The van der Waals surface area contributed by atoms with Gasteiger partial charge in [0.15, 0.2) is 0 Å². The third-order valence-electron chi connectivity index (χ3n) is 8.48. The van der Waals surface area contributed by atoms with Crippen molar-refractivity contribution in [3.05, 3.63) is 71.9 Å². The zero-order valence-electron chi connectivity index (χ0n) is 20.2. The van der Waals surface area contributed by atoms with E-state index in [4.69, 9.17) is 4.42 Å². The van der Waals surface area contributed by atoms with Crippen molar-refractivity contribution in [2.24, 2.45) is 5.41 Å². The third kappa shape index (κ3) is 3.48. The second-order valence-corrected chi connectivity index (χ2v) is 10.3. The number of halogens is 2. The molecule has 190 valence electrons. The molecule has 1 spiro atoms. The van der Waals surface area contributed by atoms with Gasteiger partial charge in [0.2, 0.25) is 0 Å². The Bertz CT molecular complexity index is 1590. The minimum absolute atomic E-state index is 0. The van der Waals surface area contributed by atoms with Crippen molar-refractivity contribution in [2.45, 2.75) is 38.1 Å². The van der Waals surface area contributed by atoms with E-state index in [1.807, 2.05) is 24.4 Å². The van der Waals surface area contributed by atoms with Gasteiger partial charge in [-0.2, -0.15) is 0 Å². The van der Waals surface area contributed by atoms with E-state index in [0.29, 0.717) is 10.9 Å². The molecular weight excluding hydrogens is 493 g/mol. The van der Waals surface area contributed by atoms with Gasteiger partial charge in [-0.3, -0.25) is 14.9 Å². The van der Waals surface area contributed by atoms with E-state index < -0.39 is 17.6 Å². The lowest BCUT2D eigenvalue weighted by molar-refractivity contribution is -0.122. The van der Waals surface area contributed by atoms with Crippen LogP contribution in [0.1, 0.15) is 49.3 Å². The molecule has 1 saturated carbocycles. The van der Waals surface area contributed by atoms with Crippen LogP contribution < -0.4 is 10.6 Å². The maximum atomic E-state index is 15.3. The molecule has 2 aromatic heterocycles. The van der Waals surface area contributed by atoms with Crippen LogP contribution in [0.5, 0.6) is 0 Å². The van der Waals surface area contributed by atoms with Gasteiger partial charge in [0.05, 0.1) is 23.0 Å². The smallest absolute Gasteiger partial charge is 0.259 e. The van der Waals surface area contributed by atoms with Crippen molar-refractivity contribution in [2.75, 3.05) is 13.1 Å². The highest BCUT2D eigenvalue weighted by Gasteiger charge is 2.45. The molecule has 2 N–H and O–H groups in total. The fraction of sp³-hybridized carbons (Fsp3) is 0.310. The molecule has 3 aliphatic rings. The van der Waals surface area contributed by atoms with E-state index in [0.717, 1.165) is 30.4 Å². The number of hydrogen-bond donors (Lipinski definition) is 2. The molecule has 2 fully saturated rings. The van der Waals surface area contributed by atoms with Crippen LogP contribution in [0.4, 0.5) is 4.39 Å². The Morgan fingerprint density at radius 3 is 2.62 bits per heavy atom. The van der Waals surface area contributed by atoms with Crippen molar-refractivity contribution in [3.63, 3.8) is 0 Å². The minimum atomic E-state index is -0.608. The number of benzene rings is 2. The number of furan rings is 1. The number of para-hydroxylation sites is 1. The van der Waals surface area contributed by atoms with Crippen LogP contribution in [-0.2, 0) is 9.59 Å². The summed E-state index contributed by atoms with van der Waals surface area (Å²) < 4.78 is 23.2. The summed E-state index contributed by atoms with van der Waals surface area (Å²) in [6.07, 6.45) is 9.28. The quantitative estimate of drug-likeness (QED) is 0.345. The van der Waals surface area contributed by atoms with E-state index in [1.165, 1.54) is 38.0 Å². The number of imide groups is 1. The minimum Gasteiger partial charge on any atom is -0.464 e. The van der Waals surface area contributed by atoms with E-state index in [9.17, 15) is 9.59 Å². The fourth-order valence-corrected chi connectivity index (χ4v) is 6.88. The Labute approximate surface area is 219 Å². The number of nitrogens with one attached hydrogen (secondary N) is 2. The van der Waals surface area contributed by atoms with Crippen LogP contribution in [0.3, 0.4) is 0 Å². The predicted octanol–water partition coefficient (Wildman–Crippen LogP) is 5.61. The first-order valence-electron chi connectivity index (χ1n) is 12.6. The Kier molecular flexibility index (Phi) is 5.73. The number of amides is 2. The first-order chi connectivity index (χ1) is 17.6. The Morgan fingerprint density at radius 1 is 1.00 bits per heavy atom. The lowest BCUT2D eigenvalue weighted by Crippen LogP contribution is -2.45. The maximum absolute atomic E-state index is 15.3. The average molecular weight is 520 g/mol. The summed E-state index contributed by atoms with van der Waals surface area (Å²) >= 11 is 0. The maximum Gasteiger partial charge on any atom is 0.259 e. The largest absolute Gasteiger partial charge is 0.464 e. The lowest BCUT2D eigenvalue weighted by atomic mass is 9.74. The van der Waals surface area contributed by atoms with Gasteiger partial charge < -0.3 is 14.3 Å². The Morgan fingerprint density at radius 2 is 1.78 bits per heavy atom. The molecule has 2 amide bonds. The van der Waals surface area contributed by atoms with Crippen LogP contribution in [-0.4, -0.2) is 29.5 Å². The number of nitrogens with zero attached hydrogens (tertiary/aromatic N) is 1. The number of hydrogen-bond acceptors (Lipinski definition) is 4. The van der Waals surface area contributed by atoms with Crippen LogP contribution >= 0.6 is 12.4 Å². The molecular formula is C29H27ClFN3O3. The van der Waals surface area contributed by atoms with Gasteiger partial charge >= 0.3 is 0 Å². The van der Waals surface area contributed by atoms with E-state index >= 15 is 4.39 Å². The highest BCUT2D eigenvalue weighted by atomic mass is 35.5. The SMILES string of the molecule is Cl.O=C1NC(=O)C(c2c(F)ccc3ccoc23)=C1c1cn(C2CCNCC23CCCC3)c2ccccc12. The predicted molar refractivity (Wildman–Crippen MR) is 143 cm³/mol. The Balaban J connectivity index is 0.00000252. The molecule has 8 heteroatoms. The highest BCUT2D eigenvalue weighted by Crippen LogP contribution is 2.51. The lowest BCUT2D eigenvalue weighted by Gasteiger charge is -2.43. The molecule has 4 heterocycles. The second-order valence-electron chi connectivity index (χ2n) is 10.3. The van der Waals surface area contributed by atoms with E-state index in [-0.39, 0.29) is 46.2 Å². The zero-order valence-corrected chi connectivity index (χ0v) is 21.0. The number of fused-ring (bicyclic) bond motifs is 2. The summed E-state index contributed by atoms with van der Waals surface area (Å²) in [6, 6.07) is 12.9. The molecule has 1 unspecified atom stereocenters. The first kappa shape index (κ1) is 23.9. The van der Waals surface area contributed by atoms with Gasteiger partial charge in [-0.05, 0) is 50.1 Å². The van der Waals surface area contributed by atoms with Crippen LogP contribution in [0.2, 0.25) is 0 Å². The highest BCUT2D eigenvalue weighted by molar-refractivity contribution is 6.50. The molecule has 2 aliphatic heterocycles. The van der Waals surface area contributed by atoms with Gasteiger partial charge in [-0.15, -0.1) is 12.4 Å². The fourth-order valence-electron chi connectivity index (χ4n) is 6.88. The molecule has 4 aromatic rings. The molecule has 37 heavy (non-hydrogen) atoms. The van der Waals surface area contributed by atoms with Crippen molar-refractivity contribution in [1.82, 2.24) is 15.2 Å². The standard InChI is InChI=1S/C29H26FN3O3.ClH/c30-20-8-7-17-10-14-36-26(17)24(20)25-23(27(34)32-28(25)35)19-15-33(21-6-2-1-5-18(19)21)22-9-13-31-16-29(22)11-3-4-12-29;/h1-2,5-8,10,14-15,22,31H,3-4,9,11-13,16H2,(H,32,34,35);1H. The van der Waals surface area contributed by atoms with Crippen LogP contribution in [0.15, 0.2) is 59.3 Å². The van der Waals surface area contributed by atoms with Gasteiger partial charge in [0, 0.05) is 46.1 Å². The Hall–Kier alpha value is -3.42. The summed E-state index contributed by atoms with van der Waals surface area (Å²) in [5.74, 6) is -1.72. The number of carbonyl (C=O) groups is 2. The molecule has 0 bridgehead atoms. The monoisotopic (exact) mass is 519 g/mol. The van der Waals surface area contributed by atoms with Gasteiger partial charge in [-0.1, -0.05) is 31.0 Å². The van der Waals surface area contributed by atoms with E-state index in [1.54, 1.807) is 12.1 Å². The number of carbonyl (C=O) groups excluding carboxylic acids is 2.